The van der Waals surface area contributed by atoms with Crippen LogP contribution in [0.1, 0.15) is 12.8 Å². The zero-order valence-corrected chi connectivity index (χ0v) is 12.9. The van der Waals surface area contributed by atoms with Crippen molar-refractivity contribution in [3.8, 4) is 11.4 Å². The molecule has 0 spiro atoms. The fourth-order valence-electron chi connectivity index (χ4n) is 2.60. The number of aromatic nitrogens is 2. The van der Waals surface area contributed by atoms with Crippen LogP contribution in [-0.4, -0.2) is 36.3 Å². The van der Waals surface area contributed by atoms with E-state index in [1.165, 1.54) is 7.11 Å². The van der Waals surface area contributed by atoms with Crippen molar-refractivity contribution in [1.82, 2.24) is 10.1 Å². The van der Waals surface area contributed by atoms with Crippen LogP contribution in [0.4, 0.5) is 6.01 Å². The first-order chi connectivity index (χ1) is 10.7. The van der Waals surface area contributed by atoms with E-state index in [0.717, 1.165) is 24.9 Å². The summed E-state index contributed by atoms with van der Waals surface area (Å²) in [4.78, 5) is 18.0. The van der Waals surface area contributed by atoms with Crippen molar-refractivity contribution in [2.24, 2.45) is 5.92 Å². The number of carbonyl (C=O) groups is 1. The standard InChI is InChI=1S/C15H16ClN3O3/c1-21-14(20)11-5-3-7-19(9-11)15-17-13(18-22-15)10-4-2-6-12(16)8-10/h2,4,6,8,11H,3,5,7,9H2,1H3/t11-/m0/s1. The van der Waals surface area contributed by atoms with Gasteiger partial charge in [-0.05, 0) is 25.0 Å². The molecule has 1 aromatic carbocycles. The van der Waals surface area contributed by atoms with Crippen LogP contribution >= 0.6 is 11.6 Å². The van der Waals surface area contributed by atoms with E-state index in [0.29, 0.717) is 23.4 Å². The quantitative estimate of drug-likeness (QED) is 0.810. The molecule has 1 atom stereocenters. The lowest BCUT2D eigenvalue weighted by atomic mass is 9.99. The van der Waals surface area contributed by atoms with Crippen LogP contribution in [0.25, 0.3) is 11.4 Å². The van der Waals surface area contributed by atoms with Gasteiger partial charge in [-0.3, -0.25) is 4.79 Å². The molecule has 116 valence electrons. The molecule has 0 N–H and O–H groups in total. The van der Waals surface area contributed by atoms with Gasteiger partial charge in [-0.15, -0.1) is 0 Å². The lowest BCUT2D eigenvalue weighted by Gasteiger charge is -2.29. The summed E-state index contributed by atoms with van der Waals surface area (Å²) in [6.07, 6.45) is 1.70. The second-order valence-electron chi connectivity index (χ2n) is 5.22. The first-order valence-corrected chi connectivity index (χ1v) is 7.47. The number of hydrogen-bond acceptors (Lipinski definition) is 6. The molecule has 1 aliphatic heterocycles. The lowest BCUT2D eigenvalue weighted by Crippen LogP contribution is -2.39. The predicted molar refractivity (Wildman–Crippen MR) is 81.7 cm³/mol. The fourth-order valence-corrected chi connectivity index (χ4v) is 2.79. The van der Waals surface area contributed by atoms with E-state index in [1.807, 2.05) is 17.0 Å². The average Bonchev–Trinajstić information content (AvgIpc) is 3.04. The van der Waals surface area contributed by atoms with Gasteiger partial charge in [0, 0.05) is 23.7 Å². The van der Waals surface area contributed by atoms with Gasteiger partial charge in [0.15, 0.2) is 0 Å². The highest BCUT2D eigenvalue weighted by atomic mass is 35.5. The maximum atomic E-state index is 11.7. The van der Waals surface area contributed by atoms with E-state index in [4.69, 9.17) is 20.9 Å². The molecule has 0 saturated carbocycles. The van der Waals surface area contributed by atoms with Crippen molar-refractivity contribution in [1.29, 1.82) is 0 Å². The minimum atomic E-state index is -0.195. The molecular formula is C15H16ClN3O3. The summed E-state index contributed by atoms with van der Waals surface area (Å²) in [5.41, 5.74) is 0.795. The highest BCUT2D eigenvalue weighted by molar-refractivity contribution is 6.30. The Kier molecular flexibility index (Phi) is 4.29. The molecule has 2 heterocycles. The van der Waals surface area contributed by atoms with Gasteiger partial charge < -0.3 is 14.2 Å². The lowest BCUT2D eigenvalue weighted by molar-refractivity contribution is -0.145. The van der Waals surface area contributed by atoms with Crippen LogP contribution in [0, 0.1) is 5.92 Å². The number of anilines is 1. The van der Waals surface area contributed by atoms with Gasteiger partial charge in [0.25, 0.3) is 0 Å². The van der Waals surface area contributed by atoms with Gasteiger partial charge in [-0.1, -0.05) is 28.9 Å². The van der Waals surface area contributed by atoms with E-state index >= 15 is 0 Å². The number of nitrogens with zero attached hydrogens (tertiary/aromatic N) is 3. The van der Waals surface area contributed by atoms with Crippen molar-refractivity contribution >= 4 is 23.6 Å². The largest absolute Gasteiger partial charge is 0.469 e. The van der Waals surface area contributed by atoms with Crippen LogP contribution in [0.2, 0.25) is 5.02 Å². The molecule has 1 saturated heterocycles. The Balaban J connectivity index is 1.77. The fraction of sp³-hybridized carbons (Fsp3) is 0.400. The highest BCUT2D eigenvalue weighted by Crippen LogP contribution is 2.26. The number of rotatable bonds is 3. The molecule has 0 aliphatic carbocycles. The summed E-state index contributed by atoms with van der Waals surface area (Å²) >= 11 is 5.97. The zero-order valence-electron chi connectivity index (χ0n) is 12.2. The number of piperidine rings is 1. The van der Waals surface area contributed by atoms with Gasteiger partial charge in [0.2, 0.25) is 5.82 Å². The molecule has 3 rings (SSSR count). The van der Waals surface area contributed by atoms with E-state index in [9.17, 15) is 4.79 Å². The molecule has 1 fully saturated rings. The number of carbonyl (C=O) groups excluding carboxylic acids is 1. The average molecular weight is 322 g/mol. The third kappa shape index (κ3) is 3.06. The molecule has 0 radical (unpaired) electrons. The molecule has 2 aromatic rings. The summed E-state index contributed by atoms with van der Waals surface area (Å²) in [6.45, 7) is 1.31. The van der Waals surface area contributed by atoms with Crippen molar-refractivity contribution < 1.29 is 14.1 Å². The maximum Gasteiger partial charge on any atom is 0.324 e. The first kappa shape index (κ1) is 14.8. The number of ether oxygens (including phenoxy) is 1. The predicted octanol–water partition coefficient (Wildman–Crippen LogP) is 2.78. The Hall–Kier alpha value is -2.08. The Labute approximate surface area is 133 Å². The molecule has 0 unspecified atom stereocenters. The first-order valence-electron chi connectivity index (χ1n) is 7.10. The Morgan fingerprint density at radius 3 is 3.14 bits per heavy atom. The van der Waals surface area contributed by atoms with Crippen LogP contribution in [0.15, 0.2) is 28.8 Å². The number of benzene rings is 1. The van der Waals surface area contributed by atoms with E-state index in [1.54, 1.807) is 12.1 Å². The van der Waals surface area contributed by atoms with Crippen molar-refractivity contribution in [2.45, 2.75) is 12.8 Å². The van der Waals surface area contributed by atoms with E-state index in [2.05, 4.69) is 10.1 Å². The molecule has 1 aliphatic rings. The molecule has 7 heteroatoms. The zero-order chi connectivity index (χ0) is 15.5. The minimum Gasteiger partial charge on any atom is -0.469 e. The topological polar surface area (TPSA) is 68.5 Å². The molecule has 22 heavy (non-hydrogen) atoms. The Bertz CT molecular complexity index is 674. The highest BCUT2D eigenvalue weighted by Gasteiger charge is 2.29. The van der Waals surface area contributed by atoms with Crippen LogP contribution in [-0.2, 0) is 9.53 Å². The van der Waals surface area contributed by atoms with Crippen LogP contribution in [0.5, 0.6) is 0 Å². The summed E-state index contributed by atoms with van der Waals surface area (Å²) < 4.78 is 10.1. The molecule has 0 bridgehead atoms. The third-order valence-electron chi connectivity index (χ3n) is 3.72. The van der Waals surface area contributed by atoms with Gasteiger partial charge >= 0.3 is 12.0 Å². The number of esters is 1. The van der Waals surface area contributed by atoms with Crippen LogP contribution < -0.4 is 4.90 Å². The van der Waals surface area contributed by atoms with Gasteiger partial charge in [-0.25, -0.2) is 0 Å². The summed E-state index contributed by atoms with van der Waals surface area (Å²) in [5.74, 6) is 0.136. The van der Waals surface area contributed by atoms with E-state index < -0.39 is 0 Å². The number of methoxy groups -OCH3 is 1. The summed E-state index contributed by atoms with van der Waals surface area (Å²) in [7, 11) is 1.41. The molecule has 6 nitrogen and oxygen atoms in total. The second kappa shape index (κ2) is 6.36. The van der Waals surface area contributed by atoms with Gasteiger partial charge in [0.1, 0.15) is 0 Å². The Morgan fingerprint density at radius 1 is 1.50 bits per heavy atom. The smallest absolute Gasteiger partial charge is 0.324 e. The number of hydrogen-bond donors (Lipinski definition) is 0. The second-order valence-corrected chi connectivity index (χ2v) is 5.66. The number of halogens is 1. The molecule has 1 aromatic heterocycles. The minimum absolute atomic E-state index is 0.153. The normalized spacial score (nSPS) is 18.3. The van der Waals surface area contributed by atoms with Crippen LogP contribution in [0.3, 0.4) is 0 Å². The van der Waals surface area contributed by atoms with Gasteiger partial charge in [-0.2, -0.15) is 4.98 Å². The molecular weight excluding hydrogens is 306 g/mol. The summed E-state index contributed by atoms with van der Waals surface area (Å²) in [5, 5.41) is 4.61. The van der Waals surface area contributed by atoms with Crippen molar-refractivity contribution in [2.75, 3.05) is 25.1 Å². The summed E-state index contributed by atoms with van der Waals surface area (Å²) in [6, 6.07) is 7.69. The van der Waals surface area contributed by atoms with Gasteiger partial charge in [0.05, 0.1) is 13.0 Å². The van der Waals surface area contributed by atoms with Crippen molar-refractivity contribution in [3.63, 3.8) is 0 Å². The monoisotopic (exact) mass is 321 g/mol. The molecule has 0 amide bonds. The maximum absolute atomic E-state index is 11.7. The third-order valence-corrected chi connectivity index (χ3v) is 3.96. The Morgan fingerprint density at radius 2 is 2.36 bits per heavy atom. The van der Waals surface area contributed by atoms with E-state index in [-0.39, 0.29) is 11.9 Å². The SMILES string of the molecule is COC(=O)[C@H]1CCCN(c2nc(-c3cccc(Cl)c3)no2)C1. The van der Waals surface area contributed by atoms with Crippen molar-refractivity contribution in [3.05, 3.63) is 29.3 Å².